The third-order valence-corrected chi connectivity index (χ3v) is 4.24. The molecule has 0 saturated heterocycles. The highest BCUT2D eigenvalue weighted by Crippen LogP contribution is 2.18. The normalized spacial score (nSPS) is 12.1. The molecule has 0 fully saturated rings. The van der Waals surface area contributed by atoms with Crippen molar-refractivity contribution < 1.29 is 13.9 Å². The molecule has 0 saturated carbocycles. The number of ether oxygens (including phenoxy) is 1. The van der Waals surface area contributed by atoms with Crippen molar-refractivity contribution in [2.24, 2.45) is 0 Å². The Morgan fingerprint density at radius 2 is 2.08 bits per heavy atom. The van der Waals surface area contributed by atoms with Crippen LogP contribution in [0.2, 0.25) is 0 Å². The summed E-state index contributed by atoms with van der Waals surface area (Å²) in [5, 5.41) is 2.77. The maximum atomic E-state index is 12.3. The van der Waals surface area contributed by atoms with Crippen molar-refractivity contribution in [1.82, 2.24) is 9.88 Å². The predicted octanol–water partition coefficient (Wildman–Crippen LogP) is 3.11. The Kier molecular flexibility index (Phi) is 5.23. The first-order valence-electron chi connectivity index (χ1n) is 7.82. The molecule has 0 aliphatic heterocycles. The van der Waals surface area contributed by atoms with Crippen molar-refractivity contribution in [3.8, 4) is 5.75 Å². The molecular formula is C18H17BrN2O4. The fourth-order valence-corrected chi connectivity index (χ4v) is 2.89. The minimum Gasteiger partial charge on any atom is -0.492 e. The third kappa shape index (κ3) is 3.93. The van der Waals surface area contributed by atoms with E-state index in [-0.39, 0.29) is 5.91 Å². The summed E-state index contributed by atoms with van der Waals surface area (Å²) in [5.41, 5.74) is 1.06. The Morgan fingerprint density at radius 1 is 1.28 bits per heavy atom. The Morgan fingerprint density at radius 3 is 2.88 bits per heavy atom. The number of amides is 1. The van der Waals surface area contributed by atoms with E-state index in [9.17, 15) is 9.59 Å². The van der Waals surface area contributed by atoms with Gasteiger partial charge < -0.3 is 14.5 Å². The van der Waals surface area contributed by atoms with Gasteiger partial charge in [0.1, 0.15) is 18.4 Å². The number of fused-ring (bicyclic) bond motifs is 1. The van der Waals surface area contributed by atoms with Crippen molar-refractivity contribution in [3.63, 3.8) is 0 Å². The summed E-state index contributed by atoms with van der Waals surface area (Å²) in [4.78, 5) is 24.3. The van der Waals surface area contributed by atoms with E-state index in [1.165, 1.54) is 4.57 Å². The number of oxazole rings is 1. The first-order valence-corrected chi connectivity index (χ1v) is 8.61. The molecule has 1 amide bonds. The molecule has 0 spiro atoms. The van der Waals surface area contributed by atoms with E-state index in [1.54, 1.807) is 31.2 Å². The molecule has 3 aromatic rings. The lowest BCUT2D eigenvalue weighted by molar-refractivity contribution is -0.124. The van der Waals surface area contributed by atoms with Gasteiger partial charge >= 0.3 is 5.76 Å². The fourth-order valence-electron chi connectivity index (χ4n) is 2.52. The molecule has 1 N–H and O–H groups in total. The molecule has 7 heteroatoms. The number of carbonyl (C=O) groups is 1. The van der Waals surface area contributed by atoms with Gasteiger partial charge in [0.05, 0.1) is 12.1 Å². The Balaban J connectivity index is 1.59. The second-order valence-corrected chi connectivity index (χ2v) is 6.39. The molecule has 0 radical (unpaired) electrons. The Labute approximate surface area is 152 Å². The number of carbonyl (C=O) groups excluding carboxylic acids is 1. The third-order valence-electron chi connectivity index (χ3n) is 3.75. The fraction of sp³-hybridized carbons (Fsp3) is 0.222. The van der Waals surface area contributed by atoms with Gasteiger partial charge in [-0.05, 0) is 37.3 Å². The second kappa shape index (κ2) is 7.57. The van der Waals surface area contributed by atoms with Gasteiger partial charge in [0.15, 0.2) is 5.58 Å². The minimum absolute atomic E-state index is 0.272. The van der Waals surface area contributed by atoms with Crippen LogP contribution in [-0.4, -0.2) is 23.6 Å². The number of nitrogens with one attached hydrogen (secondary N) is 1. The van der Waals surface area contributed by atoms with Crippen molar-refractivity contribution in [2.45, 2.75) is 13.0 Å². The lowest BCUT2D eigenvalue weighted by atomic mass is 10.2. The summed E-state index contributed by atoms with van der Waals surface area (Å²) in [6.07, 6.45) is 0. The van der Waals surface area contributed by atoms with Crippen LogP contribution in [0.5, 0.6) is 5.75 Å². The molecule has 1 atom stereocenters. The van der Waals surface area contributed by atoms with E-state index in [1.807, 2.05) is 24.3 Å². The van der Waals surface area contributed by atoms with Gasteiger partial charge in [-0.15, -0.1) is 0 Å². The molecule has 0 bridgehead atoms. The average molecular weight is 405 g/mol. The first kappa shape index (κ1) is 17.3. The molecule has 1 aromatic heterocycles. The highest BCUT2D eigenvalue weighted by atomic mass is 79.9. The maximum absolute atomic E-state index is 12.3. The standard InChI is InChI=1S/C18H17BrN2O4/c1-12(21-15-7-2-3-8-16(15)25-18(21)23)17(22)20-9-10-24-14-6-4-5-13(19)11-14/h2-8,11-12H,9-10H2,1H3,(H,20,22). The van der Waals surface area contributed by atoms with Crippen LogP contribution >= 0.6 is 15.9 Å². The van der Waals surface area contributed by atoms with Crippen LogP contribution in [0.15, 0.2) is 62.2 Å². The Bertz CT molecular complexity index is 947. The summed E-state index contributed by atoms with van der Waals surface area (Å²) in [5.74, 6) is -0.102. The average Bonchev–Trinajstić information content (AvgIpc) is 2.93. The molecule has 25 heavy (non-hydrogen) atoms. The quantitative estimate of drug-likeness (QED) is 0.640. The maximum Gasteiger partial charge on any atom is 0.420 e. The van der Waals surface area contributed by atoms with Gasteiger partial charge in [-0.2, -0.15) is 0 Å². The number of hydrogen-bond donors (Lipinski definition) is 1. The largest absolute Gasteiger partial charge is 0.492 e. The lowest BCUT2D eigenvalue weighted by Crippen LogP contribution is -2.36. The number of rotatable bonds is 6. The molecule has 1 unspecified atom stereocenters. The highest BCUT2D eigenvalue weighted by molar-refractivity contribution is 9.10. The number of para-hydroxylation sites is 2. The number of benzene rings is 2. The van der Waals surface area contributed by atoms with Crippen LogP contribution in [-0.2, 0) is 4.79 Å². The topological polar surface area (TPSA) is 73.5 Å². The van der Waals surface area contributed by atoms with E-state index in [2.05, 4.69) is 21.2 Å². The molecule has 3 rings (SSSR count). The lowest BCUT2D eigenvalue weighted by Gasteiger charge is -2.13. The Hall–Kier alpha value is -2.54. The van der Waals surface area contributed by atoms with E-state index >= 15 is 0 Å². The van der Waals surface area contributed by atoms with Crippen molar-refractivity contribution in [2.75, 3.05) is 13.2 Å². The van der Waals surface area contributed by atoms with Crippen molar-refractivity contribution in [1.29, 1.82) is 0 Å². The number of halogens is 1. The van der Waals surface area contributed by atoms with Crippen LogP contribution in [0.3, 0.4) is 0 Å². The summed E-state index contributed by atoms with van der Waals surface area (Å²) >= 11 is 3.37. The van der Waals surface area contributed by atoms with Crippen molar-refractivity contribution in [3.05, 3.63) is 63.6 Å². The highest BCUT2D eigenvalue weighted by Gasteiger charge is 2.20. The number of nitrogens with zero attached hydrogens (tertiary/aromatic N) is 1. The molecule has 6 nitrogen and oxygen atoms in total. The summed E-state index contributed by atoms with van der Waals surface area (Å²) in [6, 6.07) is 13.8. The predicted molar refractivity (Wildman–Crippen MR) is 97.8 cm³/mol. The SMILES string of the molecule is CC(C(=O)NCCOc1cccc(Br)c1)n1c(=O)oc2ccccc21. The summed E-state index contributed by atoms with van der Waals surface area (Å²) in [7, 11) is 0. The smallest absolute Gasteiger partial charge is 0.420 e. The zero-order valence-corrected chi connectivity index (χ0v) is 15.2. The van der Waals surface area contributed by atoms with E-state index < -0.39 is 11.8 Å². The second-order valence-electron chi connectivity index (χ2n) is 5.48. The van der Waals surface area contributed by atoms with Gasteiger partial charge in [0, 0.05) is 4.47 Å². The van der Waals surface area contributed by atoms with Gasteiger partial charge in [-0.1, -0.05) is 34.1 Å². The molecule has 130 valence electrons. The van der Waals surface area contributed by atoms with E-state index in [0.717, 1.165) is 4.47 Å². The van der Waals surface area contributed by atoms with Gasteiger partial charge in [0.25, 0.3) is 0 Å². The van der Waals surface area contributed by atoms with Gasteiger partial charge in [0.2, 0.25) is 5.91 Å². The molecule has 2 aromatic carbocycles. The number of hydrogen-bond acceptors (Lipinski definition) is 4. The summed E-state index contributed by atoms with van der Waals surface area (Å²) < 4.78 is 13.0. The van der Waals surface area contributed by atoms with E-state index in [4.69, 9.17) is 9.15 Å². The van der Waals surface area contributed by atoms with E-state index in [0.29, 0.717) is 30.0 Å². The molecular weight excluding hydrogens is 388 g/mol. The van der Waals surface area contributed by atoms with Gasteiger partial charge in [-0.25, -0.2) is 4.79 Å². The van der Waals surface area contributed by atoms with Gasteiger partial charge in [-0.3, -0.25) is 9.36 Å². The van der Waals surface area contributed by atoms with Crippen LogP contribution in [0.25, 0.3) is 11.1 Å². The minimum atomic E-state index is -0.679. The zero-order chi connectivity index (χ0) is 17.8. The molecule has 0 aliphatic rings. The number of aromatic nitrogens is 1. The van der Waals surface area contributed by atoms with Crippen LogP contribution in [0.1, 0.15) is 13.0 Å². The van der Waals surface area contributed by atoms with Crippen LogP contribution < -0.4 is 15.8 Å². The molecule has 0 aliphatic carbocycles. The zero-order valence-electron chi connectivity index (χ0n) is 13.6. The van der Waals surface area contributed by atoms with Crippen molar-refractivity contribution >= 4 is 32.9 Å². The first-order chi connectivity index (χ1) is 12.1. The van der Waals surface area contributed by atoms with Crippen LogP contribution in [0.4, 0.5) is 0 Å². The monoisotopic (exact) mass is 404 g/mol. The molecule has 1 heterocycles. The van der Waals surface area contributed by atoms with Crippen LogP contribution in [0, 0.1) is 0 Å². The summed E-state index contributed by atoms with van der Waals surface area (Å²) in [6.45, 7) is 2.32.